The van der Waals surface area contributed by atoms with E-state index >= 15 is 0 Å². The van der Waals surface area contributed by atoms with Crippen LogP contribution in [0.3, 0.4) is 0 Å². The van der Waals surface area contributed by atoms with Crippen LogP contribution in [0.2, 0.25) is 0 Å². The second kappa shape index (κ2) is 7.67. The molecule has 1 spiro atoms. The topological polar surface area (TPSA) is 54.4 Å². The molecule has 3 aliphatic rings. The van der Waals surface area contributed by atoms with E-state index in [1.54, 1.807) is 7.11 Å². The van der Waals surface area contributed by atoms with Crippen molar-refractivity contribution in [1.29, 1.82) is 0 Å². The van der Waals surface area contributed by atoms with Crippen LogP contribution in [0.5, 0.6) is 0 Å². The summed E-state index contributed by atoms with van der Waals surface area (Å²) in [7, 11) is 1.71. The predicted molar refractivity (Wildman–Crippen MR) is 112 cm³/mol. The molecular formula is C23H34N2O4. The molecule has 3 heterocycles. The lowest BCUT2D eigenvalue weighted by atomic mass is 9.85. The van der Waals surface area contributed by atoms with E-state index < -0.39 is 5.54 Å². The molecule has 0 aromatic heterocycles. The number of hydrogen-bond acceptors (Lipinski definition) is 6. The summed E-state index contributed by atoms with van der Waals surface area (Å²) in [4.78, 5) is 11.8. The minimum absolute atomic E-state index is 0.0580. The van der Waals surface area contributed by atoms with Gasteiger partial charge in [-0.2, -0.15) is 10.1 Å². The number of rotatable bonds is 5. The largest absolute Gasteiger partial charge is 0.510 e. The van der Waals surface area contributed by atoms with Gasteiger partial charge in [-0.1, -0.05) is 24.6 Å². The summed E-state index contributed by atoms with van der Waals surface area (Å²) in [5.41, 5.74) is 5.38. The normalized spacial score (nSPS) is 24.3. The van der Waals surface area contributed by atoms with Gasteiger partial charge in [0.05, 0.1) is 33.5 Å². The minimum Gasteiger partial charge on any atom is -0.510 e. The van der Waals surface area contributed by atoms with E-state index in [-0.39, 0.29) is 5.41 Å². The summed E-state index contributed by atoms with van der Waals surface area (Å²) in [6.45, 7) is 12.8. The van der Waals surface area contributed by atoms with Gasteiger partial charge >= 0.3 is 0 Å². The second-order valence-corrected chi connectivity index (χ2v) is 9.36. The van der Waals surface area contributed by atoms with Crippen LogP contribution >= 0.6 is 0 Å². The Hall–Kier alpha value is -1.44. The Labute approximate surface area is 173 Å². The Morgan fingerprint density at radius 1 is 1.10 bits per heavy atom. The Bertz CT molecular complexity index is 784. The fraction of sp³-hybridized carbons (Fsp3) is 0.652. The molecule has 0 aliphatic carbocycles. The summed E-state index contributed by atoms with van der Waals surface area (Å²) in [6.07, 6.45) is 1.54. The lowest BCUT2D eigenvalue weighted by Gasteiger charge is -2.45. The van der Waals surface area contributed by atoms with Crippen LogP contribution in [0.25, 0.3) is 5.57 Å². The van der Waals surface area contributed by atoms with Crippen LogP contribution < -0.4 is 0 Å². The molecule has 29 heavy (non-hydrogen) atoms. The zero-order valence-corrected chi connectivity index (χ0v) is 18.4. The van der Waals surface area contributed by atoms with Gasteiger partial charge in [0.25, 0.3) is 0 Å². The average molecular weight is 403 g/mol. The Morgan fingerprint density at radius 2 is 1.72 bits per heavy atom. The zero-order chi connectivity index (χ0) is 20.8. The van der Waals surface area contributed by atoms with Crippen molar-refractivity contribution < 1.29 is 19.5 Å². The molecular weight excluding hydrogens is 368 g/mol. The molecule has 0 bridgehead atoms. The third-order valence-electron chi connectivity index (χ3n) is 6.76. The summed E-state index contributed by atoms with van der Waals surface area (Å²) in [5, 5.41) is 15.5. The number of hydroxylamine groups is 4. The summed E-state index contributed by atoms with van der Waals surface area (Å²) < 4.78 is 5.39. The molecule has 1 aromatic rings. The highest BCUT2D eigenvalue weighted by molar-refractivity contribution is 5.77. The van der Waals surface area contributed by atoms with Gasteiger partial charge in [0.1, 0.15) is 11.3 Å². The smallest absolute Gasteiger partial charge is 0.120 e. The average Bonchev–Trinajstić information content (AvgIpc) is 2.91. The highest BCUT2D eigenvalue weighted by Crippen LogP contribution is 2.46. The van der Waals surface area contributed by atoms with E-state index in [9.17, 15) is 5.11 Å². The quantitative estimate of drug-likeness (QED) is 0.813. The predicted octanol–water partition coefficient (Wildman–Crippen LogP) is 3.56. The Kier molecular flexibility index (Phi) is 5.51. The lowest BCUT2D eigenvalue weighted by Crippen LogP contribution is -2.55. The van der Waals surface area contributed by atoms with Crippen LogP contribution in [0, 0.1) is 26.2 Å². The number of aryl methyl sites for hydroxylation is 3. The number of benzene rings is 1. The first-order chi connectivity index (χ1) is 13.8. The van der Waals surface area contributed by atoms with Gasteiger partial charge in [-0.05, 0) is 50.3 Å². The molecule has 160 valence electrons. The molecule has 0 amide bonds. The molecule has 2 saturated heterocycles. The van der Waals surface area contributed by atoms with E-state index in [4.69, 9.17) is 14.4 Å². The van der Waals surface area contributed by atoms with E-state index in [0.717, 1.165) is 50.3 Å². The maximum atomic E-state index is 11.5. The molecule has 3 aliphatic heterocycles. The minimum atomic E-state index is -0.491. The SMILES string of the molecule is CON1CCC2(CC1)C(O)=C(c1c(C)cc(C)cc1C)CN2OCC1(C)COC1. The molecule has 0 unspecified atom stereocenters. The highest BCUT2D eigenvalue weighted by atomic mass is 16.7. The maximum Gasteiger partial charge on any atom is 0.120 e. The third kappa shape index (κ3) is 3.62. The van der Waals surface area contributed by atoms with Crippen molar-refractivity contribution in [2.45, 2.75) is 46.1 Å². The van der Waals surface area contributed by atoms with Crippen molar-refractivity contribution in [3.63, 3.8) is 0 Å². The van der Waals surface area contributed by atoms with E-state index in [0.29, 0.717) is 18.9 Å². The molecule has 2 fully saturated rings. The van der Waals surface area contributed by atoms with Gasteiger partial charge < -0.3 is 14.7 Å². The van der Waals surface area contributed by atoms with Crippen molar-refractivity contribution in [3.8, 4) is 0 Å². The third-order valence-corrected chi connectivity index (χ3v) is 6.76. The van der Waals surface area contributed by atoms with Gasteiger partial charge in [0.2, 0.25) is 0 Å². The van der Waals surface area contributed by atoms with Crippen LogP contribution in [0.15, 0.2) is 17.9 Å². The van der Waals surface area contributed by atoms with Gasteiger partial charge in [0.15, 0.2) is 0 Å². The number of ether oxygens (including phenoxy) is 1. The Balaban J connectivity index is 1.67. The number of nitrogens with zero attached hydrogens (tertiary/aromatic N) is 2. The molecule has 0 saturated carbocycles. The maximum absolute atomic E-state index is 11.5. The summed E-state index contributed by atoms with van der Waals surface area (Å²) in [5.74, 6) is 0.471. The summed E-state index contributed by atoms with van der Waals surface area (Å²) in [6, 6.07) is 4.39. The van der Waals surface area contributed by atoms with Crippen molar-refractivity contribution in [2.75, 3.05) is 46.6 Å². The van der Waals surface area contributed by atoms with Gasteiger partial charge in [-0.3, -0.25) is 4.84 Å². The van der Waals surface area contributed by atoms with Gasteiger partial charge in [-0.15, -0.1) is 0 Å². The number of hydrogen-bond donors (Lipinski definition) is 1. The zero-order valence-electron chi connectivity index (χ0n) is 18.4. The molecule has 1 aromatic carbocycles. The molecule has 0 atom stereocenters. The van der Waals surface area contributed by atoms with Crippen molar-refractivity contribution in [3.05, 3.63) is 40.1 Å². The number of aliphatic hydroxyl groups is 1. The van der Waals surface area contributed by atoms with Crippen LogP contribution in [0.1, 0.15) is 42.0 Å². The van der Waals surface area contributed by atoms with Gasteiger partial charge in [0, 0.05) is 24.1 Å². The highest BCUT2D eigenvalue weighted by Gasteiger charge is 2.51. The first kappa shape index (κ1) is 20.8. The first-order valence-electron chi connectivity index (χ1n) is 10.6. The van der Waals surface area contributed by atoms with E-state index in [1.165, 1.54) is 16.7 Å². The number of piperidine rings is 1. The Morgan fingerprint density at radius 3 is 2.24 bits per heavy atom. The van der Waals surface area contributed by atoms with Gasteiger partial charge in [-0.25, -0.2) is 0 Å². The fourth-order valence-corrected chi connectivity index (χ4v) is 5.08. The molecule has 6 nitrogen and oxygen atoms in total. The second-order valence-electron chi connectivity index (χ2n) is 9.36. The molecule has 6 heteroatoms. The van der Waals surface area contributed by atoms with Crippen molar-refractivity contribution in [1.82, 2.24) is 10.1 Å². The van der Waals surface area contributed by atoms with Crippen LogP contribution in [0.4, 0.5) is 0 Å². The number of aliphatic hydroxyl groups excluding tert-OH is 1. The van der Waals surface area contributed by atoms with Crippen molar-refractivity contribution >= 4 is 5.57 Å². The molecule has 0 radical (unpaired) electrons. The molecule has 4 rings (SSSR count). The van der Waals surface area contributed by atoms with Crippen molar-refractivity contribution in [2.24, 2.45) is 5.41 Å². The van der Waals surface area contributed by atoms with Crippen LogP contribution in [-0.2, 0) is 14.4 Å². The fourth-order valence-electron chi connectivity index (χ4n) is 5.08. The molecule has 1 N–H and O–H groups in total. The standard InChI is InChI=1S/C23H34N2O4/c1-16-10-17(2)20(18(3)11-16)19-12-25(29-15-22(4)13-28-14-22)23(21(19)26)6-8-24(27-5)9-7-23/h10-11,26H,6-9,12-15H2,1-5H3. The lowest BCUT2D eigenvalue weighted by molar-refractivity contribution is -0.266. The van der Waals surface area contributed by atoms with Crippen LogP contribution in [-0.4, -0.2) is 67.3 Å². The van der Waals surface area contributed by atoms with E-state index in [1.807, 2.05) is 10.1 Å². The van der Waals surface area contributed by atoms with E-state index in [2.05, 4.69) is 39.8 Å². The monoisotopic (exact) mass is 402 g/mol. The summed E-state index contributed by atoms with van der Waals surface area (Å²) >= 11 is 0. The first-order valence-corrected chi connectivity index (χ1v) is 10.6.